The van der Waals surface area contributed by atoms with Gasteiger partial charge >= 0.3 is 0 Å². The van der Waals surface area contributed by atoms with Crippen LogP contribution in [0.3, 0.4) is 0 Å². The SMILES string of the molecule is CC(NC1CCc2ncnn2C1)c1ccc(Br)cc1F. The molecule has 1 aliphatic heterocycles. The second-order valence-electron chi connectivity index (χ2n) is 5.15. The Morgan fingerprint density at radius 2 is 2.35 bits per heavy atom. The molecule has 0 bridgehead atoms. The number of aryl methyl sites for hydroxylation is 1. The van der Waals surface area contributed by atoms with Crippen LogP contribution in [0.15, 0.2) is 29.0 Å². The van der Waals surface area contributed by atoms with E-state index in [0.29, 0.717) is 11.6 Å². The number of nitrogens with one attached hydrogen (secondary N) is 1. The molecule has 0 aliphatic carbocycles. The molecule has 2 unspecified atom stereocenters. The average Bonchev–Trinajstić information content (AvgIpc) is 2.85. The number of nitrogens with zero attached hydrogens (tertiary/aromatic N) is 3. The van der Waals surface area contributed by atoms with E-state index in [1.54, 1.807) is 6.33 Å². The summed E-state index contributed by atoms with van der Waals surface area (Å²) in [6, 6.07) is 5.46. The average molecular weight is 339 g/mol. The van der Waals surface area contributed by atoms with Gasteiger partial charge in [-0.15, -0.1) is 0 Å². The molecule has 4 nitrogen and oxygen atoms in total. The van der Waals surface area contributed by atoms with Gasteiger partial charge in [-0.1, -0.05) is 22.0 Å². The summed E-state index contributed by atoms with van der Waals surface area (Å²) in [5.74, 6) is 0.849. The Labute approximate surface area is 125 Å². The molecule has 3 rings (SSSR count). The molecule has 0 radical (unpaired) electrons. The third kappa shape index (κ3) is 2.76. The van der Waals surface area contributed by atoms with Gasteiger partial charge in [-0.25, -0.2) is 14.1 Å². The highest BCUT2D eigenvalue weighted by Crippen LogP contribution is 2.22. The van der Waals surface area contributed by atoms with E-state index in [4.69, 9.17) is 0 Å². The van der Waals surface area contributed by atoms with Crippen LogP contribution in [-0.4, -0.2) is 20.8 Å². The lowest BCUT2D eigenvalue weighted by atomic mass is 10.0. The minimum absolute atomic E-state index is 0.0295. The Bertz CT molecular complexity index is 613. The van der Waals surface area contributed by atoms with Gasteiger partial charge in [-0.05, 0) is 25.5 Å². The highest BCUT2D eigenvalue weighted by atomic mass is 79.9. The van der Waals surface area contributed by atoms with Gasteiger partial charge in [0.15, 0.2) is 0 Å². The van der Waals surface area contributed by atoms with Crippen LogP contribution in [0.1, 0.15) is 30.8 Å². The smallest absolute Gasteiger partial charge is 0.138 e. The number of halogens is 2. The summed E-state index contributed by atoms with van der Waals surface area (Å²) in [6.07, 6.45) is 3.50. The molecule has 0 spiro atoms. The molecule has 2 aromatic rings. The van der Waals surface area contributed by atoms with Gasteiger partial charge in [0.25, 0.3) is 0 Å². The van der Waals surface area contributed by atoms with Crippen LogP contribution in [0, 0.1) is 5.82 Å². The lowest BCUT2D eigenvalue weighted by Crippen LogP contribution is -2.39. The molecule has 20 heavy (non-hydrogen) atoms. The van der Waals surface area contributed by atoms with Crippen molar-refractivity contribution in [2.24, 2.45) is 0 Å². The van der Waals surface area contributed by atoms with Crippen LogP contribution in [0.2, 0.25) is 0 Å². The normalized spacial score (nSPS) is 19.6. The monoisotopic (exact) mass is 338 g/mol. The molecule has 2 heterocycles. The van der Waals surface area contributed by atoms with Crippen molar-refractivity contribution in [2.45, 2.75) is 38.4 Å². The maximum atomic E-state index is 13.9. The predicted molar refractivity (Wildman–Crippen MR) is 77.8 cm³/mol. The maximum absolute atomic E-state index is 13.9. The summed E-state index contributed by atoms with van der Waals surface area (Å²) in [5, 5.41) is 7.68. The molecular weight excluding hydrogens is 323 g/mol. The van der Waals surface area contributed by atoms with E-state index in [1.807, 2.05) is 23.7 Å². The van der Waals surface area contributed by atoms with E-state index < -0.39 is 0 Å². The molecule has 2 atom stereocenters. The Morgan fingerprint density at radius 1 is 1.50 bits per heavy atom. The summed E-state index contributed by atoms with van der Waals surface area (Å²) in [6.45, 7) is 2.78. The van der Waals surface area contributed by atoms with Gasteiger partial charge in [0.05, 0.1) is 6.54 Å². The van der Waals surface area contributed by atoms with Crippen molar-refractivity contribution in [3.63, 3.8) is 0 Å². The van der Waals surface area contributed by atoms with Crippen LogP contribution in [0.4, 0.5) is 4.39 Å². The zero-order valence-corrected chi connectivity index (χ0v) is 12.8. The summed E-state index contributed by atoms with van der Waals surface area (Å²) < 4.78 is 16.6. The molecular formula is C14H16BrFN4. The van der Waals surface area contributed by atoms with Crippen LogP contribution < -0.4 is 5.32 Å². The van der Waals surface area contributed by atoms with Gasteiger partial charge in [0, 0.05) is 28.5 Å². The Hall–Kier alpha value is -1.27. The van der Waals surface area contributed by atoms with Crippen LogP contribution >= 0.6 is 15.9 Å². The highest BCUT2D eigenvalue weighted by molar-refractivity contribution is 9.10. The molecule has 1 aliphatic rings. The van der Waals surface area contributed by atoms with Gasteiger partial charge in [0.1, 0.15) is 18.0 Å². The molecule has 0 amide bonds. The van der Waals surface area contributed by atoms with E-state index >= 15 is 0 Å². The van der Waals surface area contributed by atoms with Crippen molar-refractivity contribution < 1.29 is 4.39 Å². The minimum Gasteiger partial charge on any atom is -0.305 e. The Balaban J connectivity index is 1.69. The molecule has 0 saturated heterocycles. The fraction of sp³-hybridized carbons (Fsp3) is 0.429. The zero-order valence-electron chi connectivity index (χ0n) is 11.2. The van der Waals surface area contributed by atoms with Crippen molar-refractivity contribution >= 4 is 15.9 Å². The first-order chi connectivity index (χ1) is 9.63. The second-order valence-corrected chi connectivity index (χ2v) is 6.06. The highest BCUT2D eigenvalue weighted by Gasteiger charge is 2.22. The van der Waals surface area contributed by atoms with Crippen LogP contribution in [0.5, 0.6) is 0 Å². The summed E-state index contributed by atoms with van der Waals surface area (Å²) >= 11 is 3.28. The fourth-order valence-corrected chi connectivity index (χ4v) is 3.00. The maximum Gasteiger partial charge on any atom is 0.138 e. The summed E-state index contributed by atoms with van der Waals surface area (Å²) in [5.41, 5.74) is 0.692. The molecule has 0 saturated carbocycles. The number of hydrogen-bond donors (Lipinski definition) is 1. The first kappa shape index (κ1) is 13.7. The largest absolute Gasteiger partial charge is 0.305 e. The number of fused-ring (bicyclic) bond motifs is 1. The zero-order chi connectivity index (χ0) is 14.1. The first-order valence-electron chi connectivity index (χ1n) is 6.71. The fourth-order valence-electron chi connectivity index (χ4n) is 2.67. The molecule has 6 heteroatoms. The van der Waals surface area contributed by atoms with Gasteiger partial charge < -0.3 is 5.32 Å². The van der Waals surface area contributed by atoms with E-state index in [-0.39, 0.29) is 11.9 Å². The predicted octanol–water partition coefficient (Wildman–Crippen LogP) is 2.85. The number of benzene rings is 1. The lowest BCUT2D eigenvalue weighted by Gasteiger charge is -2.27. The topological polar surface area (TPSA) is 42.7 Å². The standard InChI is InChI=1S/C14H16BrFN4/c1-9(12-4-2-10(15)6-13(12)16)19-11-3-5-14-17-8-18-20(14)7-11/h2,4,6,8-9,11,19H,3,5,7H2,1H3. The summed E-state index contributed by atoms with van der Waals surface area (Å²) in [7, 11) is 0. The molecule has 106 valence electrons. The van der Waals surface area contributed by atoms with E-state index in [1.165, 1.54) is 6.07 Å². The van der Waals surface area contributed by atoms with E-state index in [0.717, 1.165) is 29.7 Å². The van der Waals surface area contributed by atoms with Gasteiger partial charge in [-0.3, -0.25) is 0 Å². The number of hydrogen-bond acceptors (Lipinski definition) is 3. The van der Waals surface area contributed by atoms with Crippen LogP contribution in [-0.2, 0) is 13.0 Å². The van der Waals surface area contributed by atoms with Crippen molar-refractivity contribution in [1.29, 1.82) is 0 Å². The van der Waals surface area contributed by atoms with Crippen molar-refractivity contribution in [3.05, 3.63) is 46.2 Å². The third-order valence-corrected chi connectivity index (χ3v) is 4.21. The first-order valence-corrected chi connectivity index (χ1v) is 7.50. The van der Waals surface area contributed by atoms with E-state index in [2.05, 4.69) is 31.3 Å². The van der Waals surface area contributed by atoms with E-state index in [9.17, 15) is 4.39 Å². The van der Waals surface area contributed by atoms with Crippen LogP contribution in [0.25, 0.3) is 0 Å². The number of rotatable bonds is 3. The Morgan fingerprint density at radius 3 is 3.15 bits per heavy atom. The Kier molecular flexibility index (Phi) is 3.85. The number of aromatic nitrogens is 3. The summed E-state index contributed by atoms with van der Waals surface area (Å²) in [4.78, 5) is 4.21. The quantitative estimate of drug-likeness (QED) is 0.935. The molecule has 0 fully saturated rings. The molecule has 1 aromatic heterocycles. The van der Waals surface area contributed by atoms with Crippen molar-refractivity contribution in [3.8, 4) is 0 Å². The molecule has 1 aromatic carbocycles. The third-order valence-electron chi connectivity index (χ3n) is 3.72. The lowest BCUT2D eigenvalue weighted by molar-refractivity contribution is 0.331. The van der Waals surface area contributed by atoms with Gasteiger partial charge in [-0.2, -0.15) is 5.10 Å². The second kappa shape index (κ2) is 5.61. The van der Waals surface area contributed by atoms with Crippen molar-refractivity contribution in [2.75, 3.05) is 0 Å². The minimum atomic E-state index is -0.184. The van der Waals surface area contributed by atoms with Gasteiger partial charge in [0.2, 0.25) is 0 Å². The van der Waals surface area contributed by atoms with Crippen molar-refractivity contribution in [1.82, 2.24) is 20.1 Å². The molecule has 1 N–H and O–H groups in total.